The Balaban J connectivity index is 1.42. The van der Waals surface area contributed by atoms with Crippen LogP contribution in [0, 0.1) is 12.7 Å². The van der Waals surface area contributed by atoms with Gasteiger partial charge in [0, 0.05) is 42.6 Å². The van der Waals surface area contributed by atoms with Gasteiger partial charge in [-0.2, -0.15) is 10.1 Å². The first-order valence-corrected chi connectivity index (χ1v) is 9.45. The maximum absolute atomic E-state index is 13.1. The Morgan fingerprint density at radius 1 is 1.00 bits per heavy atom. The predicted molar refractivity (Wildman–Crippen MR) is 110 cm³/mol. The highest BCUT2D eigenvalue weighted by Gasteiger charge is 2.20. The second kappa shape index (κ2) is 7.98. The summed E-state index contributed by atoms with van der Waals surface area (Å²) in [5.74, 6) is 0.980. The third kappa shape index (κ3) is 4.14. The Morgan fingerprint density at radius 2 is 1.71 bits per heavy atom. The number of piperazine rings is 1. The molecule has 0 atom stereocenters. The summed E-state index contributed by atoms with van der Waals surface area (Å²) < 4.78 is 13.1. The molecule has 4 rings (SSSR count). The van der Waals surface area contributed by atoms with Crippen molar-refractivity contribution in [3.8, 4) is 0 Å². The molecule has 2 aromatic carbocycles. The van der Waals surface area contributed by atoms with E-state index in [1.165, 1.54) is 12.1 Å². The van der Waals surface area contributed by atoms with Gasteiger partial charge in [-0.25, -0.2) is 4.39 Å². The molecule has 28 heavy (non-hydrogen) atoms. The van der Waals surface area contributed by atoms with Crippen LogP contribution < -0.4 is 15.1 Å². The van der Waals surface area contributed by atoms with E-state index >= 15 is 0 Å². The molecule has 1 N–H and O–H groups in total. The first-order valence-electron chi connectivity index (χ1n) is 9.07. The topological polar surface area (TPSA) is 57.2 Å². The van der Waals surface area contributed by atoms with Crippen molar-refractivity contribution in [1.29, 1.82) is 0 Å². The lowest BCUT2D eigenvalue weighted by atomic mass is 10.2. The molecule has 1 saturated heterocycles. The standard InChI is InChI=1S/C20H20ClFN6/c1-14-2-5-16(12-18(14)21)24-19-13-23-26-20(25-19)28-10-8-27(9-11-28)17-6-3-15(22)4-7-17/h2-7,12-13H,8-11H2,1H3,(H,24,25,26). The molecule has 3 aromatic rings. The molecule has 0 amide bonds. The van der Waals surface area contributed by atoms with E-state index in [2.05, 4.69) is 30.3 Å². The van der Waals surface area contributed by atoms with E-state index in [1.807, 2.05) is 25.1 Å². The van der Waals surface area contributed by atoms with E-state index in [-0.39, 0.29) is 5.82 Å². The Bertz CT molecular complexity index is 957. The van der Waals surface area contributed by atoms with Crippen molar-refractivity contribution in [1.82, 2.24) is 15.2 Å². The summed E-state index contributed by atoms with van der Waals surface area (Å²) in [6.45, 7) is 5.10. The van der Waals surface area contributed by atoms with E-state index in [0.717, 1.165) is 43.1 Å². The smallest absolute Gasteiger partial charge is 0.247 e. The van der Waals surface area contributed by atoms with Crippen LogP contribution >= 0.6 is 11.6 Å². The molecule has 1 aliphatic rings. The van der Waals surface area contributed by atoms with Crippen molar-refractivity contribution in [3.05, 3.63) is 65.1 Å². The lowest BCUT2D eigenvalue weighted by molar-refractivity contribution is 0.622. The largest absolute Gasteiger partial charge is 0.368 e. The molecule has 6 nitrogen and oxygen atoms in total. The normalized spacial score (nSPS) is 14.2. The third-order valence-corrected chi connectivity index (χ3v) is 5.15. The number of hydrogen-bond acceptors (Lipinski definition) is 6. The van der Waals surface area contributed by atoms with Gasteiger partial charge in [-0.15, -0.1) is 5.10 Å². The maximum atomic E-state index is 13.1. The summed E-state index contributed by atoms with van der Waals surface area (Å²) in [6.07, 6.45) is 1.59. The fourth-order valence-electron chi connectivity index (χ4n) is 3.12. The minimum atomic E-state index is -0.221. The Hall–Kier alpha value is -2.93. The molecule has 0 unspecified atom stereocenters. The molecule has 144 valence electrons. The zero-order valence-electron chi connectivity index (χ0n) is 15.4. The number of benzene rings is 2. The number of hydrogen-bond donors (Lipinski definition) is 1. The van der Waals surface area contributed by atoms with Gasteiger partial charge in [0.15, 0.2) is 5.82 Å². The van der Waals surface area contributed by atoms with Crippen molar-refractivity contribution >= 4 is 34.7 Å². The fraction of sp³-hybridized carbons (Fsp3) is 0.250. The van der Waals surface area contributed by atoms with Gasteiger partial charge in [-0.3, -0.25) is 0 Å². The SMILES string of the molecule is Cc1ccc(Nc2cnnc(N3CCN(c4ccc(F)cc4)CC3)n2)cc1Cl. The summed E-state index contributed by atoms with van der Waals surface area (Å²) in [7, 11) is 0. The first-order chi connectivity index (χ1) is 13.6. The van der Waals surface area contributed by atoms with Crippen LogP contribution in [-0.4, -0.2) is 41.4 Å². The Labute approximate surface area is 168 Å². The van der Waals surface area contributed by atoms with Gasteiger partial charge >= 0.3 is 0 Å². The van der Waals surface area contributed by atoms with Crippen molar-refractivity contribution in [2.24, 2.45) is 0 Å². The molecule has 2 heterocycles. The second-order valence-corrected chi connectivity index (χ2v) is 7.09. The second-order valence-electron chi connectivity index (χ2n) is 6.68. The zero-order chi connectivity index (χ0) is 19.5. The number of anilines is 4. The van der Waals surface area contributed by atoms with Crippen LogP contribution in [0.4, 0.5) is 27.5 Å². The van der Waals surface area contributed by atoms with E-state index in [9.17, 15) is 4.39 Å². The molecule has 0 radical (unpaired) electrons. The third-order valence-electron chi connectivity index (χ3n) is 4.75. The summed E-state index contributed by atoms with van der Waals surface area (Å²) >= 11 is 6.18. The van der Waals surface area contributed by atoms with Crippen LogP contribution in [0.2, 0.25) is 5.02 Å². The van der Waals surface area contributed by atoms with Gasteiger partial charge in [0.2, 0.25) is 5.95 Å². The van der Waals surface area contributed by atoms with Gasteiger partial charge in [-0.1, -0.05) is 17.7 Å². The predicted octanol–water partition coefficient (Wildman–Crippen LogP) is 4.04. The molecule has 1 aliphatic heterocycles. The Morgan fingerprint density at radius 3 is 2.43 bits per heavy atom. The number of rotatable bonds is 4. The van der Waals surface area contributed by atoms with Crippen molar-refractivity contribution in [2.45, 2.75) is 6.92 Å². The number of nitrogens with one attached hydrogen (secondary N) is 1. The lowest BCUT2D eigenvalue weighted by Gasteiger charge is -2.35. The van der Waals surface area contributed by atoms with Gasteiger partial charge in [0.1, 0.15) is 5.82 Å². The van der Waals surface area contributed by atoms with Crippen LogP contribution in [0.15, 0.2) is 48.7 Å². The van der Waals surface area contributed by atoms with Crippen LogP contribution in [0.1, 0.15) is 5.56 Å². The van der Waals surface area contributed by atoms with E-state index < -0.39 is 0 Å². The number of aryl methyl sites for hydroxylation is 1. The molecular weight excluding hydrogens is 379 g/mol. The average Bonchev–Trinajstić information content (AvgIpc) is 2.72. The summed E-state index contributed by atoms with van der Waals surface area (Å²) in [5, 5.41) is 12.2. The first kappa shape index (κ1) is 18.4. The van der Waals surface area contributed by atoms with Crippen LogP contribution in [0.25, 0.3) is 0 Å². The minimum Gasteiger partial charge on any atom is -0.368 e. The number of halogens is 2. The molecule has 0 spiro atoms. The molecular formula is C20H20ClFN6. The fourth-order valence-corrected chi connectivity index (χ4v) is 3.30. The van der Waals surface area contributed by atoms with E-state index in [0.29, 0.717) is 16.8 Å². The molecule has 0 aliphatic carbocycles. The van der Waals surface area contributed by atoms with Crippen molar-refractivity contribution < 1.29 is 4.39 Å². The van der Waals surface area contributed by atoms with Gasteiger partial charge in [0.25, 0.3) is 0 Å². The number of aromatic nitrogens is 3. The quantitative estimate of drug-likeness (QED) is 0.715. The molecule has 8 heteroatoms. The van der Waals surface area contributed by atoms with E-state index in [4.69, 9.17) is 11.6 Å². The lowest BCUT2D eigenvalue weighted by Crippen LogP contribution is -2.47. The summed E-state index contributed by atoms with van der Waals surface area (Å²) in [5.41, 5.74) is 2.89. The monoisotopic (exact) mass is 398 g/mol. The van der Waals surface area contributed by atoms with Crippen molar-refractivity contribution in [3.63, 3.8) is 0 Å². The van der Waals surface area contributed by atoms with Crippen LogP contribution in [0.5, 0.6) is 0 Å². The van der Waals surface area contributed by atoms with Crippen LogP contribution in [-0.2, 0) is 0 Å². The molecule has 1 fully saturated rings. The van der Waals surface area contributed by atoms with Crippen molar-refractivity contribution in [2.75, 3.05) is 41.3 Å². The average molecular weight is 399 g/mol. The highest BCUT2D eigenvalue weighted by Crippen LogP contribution is 2.23. The zero-order valence-corrected chi connectivity index (χ0v) is 16.2. The summed E-state index contributed by atoms with van der Waals surface area (Å²) in [4.78, 5) is 8.90. The van der Waals surface area contributed by atoms with Crippen LogP contribution in [0.3, 0.4) is 0 Å². The molecule has 0 bridgehead atoms. The molecule has 1 aromatic heterocycles. The highest BCUT2D eigenvalue weighted by atomic mass is 35.5. The minimum absolute atomic E-state index is 0.221. The molecule has 0 saturated carbocycles. The Kier molecular flexibility index (Phi) is 5.25. The maximum Gasteiger partial charge on any atom is 0.247 e. The highest BCUT2D eigenvalue weighted by molar-refractivity contribution is 6.31. The van der Waals surface area contributed by atoms with Gasteiger partial charge < -0.3 is 15.1 Å². The van der Waals surface area contributed by atoms with E-state index in [1.54, 1.807) is 18.3 Å². The van der Waals surface area contributed by atoms with Gasteiger partial charge in [-0.05, 0) is 48.9 Å². The summed E-state index contributed by atoms with van der Waals surface area (Å²) in [6, 6.07) is 12.3. The number of nitrogens with zero attached hydrogens (tertiary/aromatic N) is 5. The van der Waals surface area contributed by atoms with Gasteiger partial charge in [0.05, 0.1) is 6.20 Å².